The molecule has 0 aliphatic carbocycles. The van der Waals surface area contributed by atoms with Gasteiger partial charge in [-0.3, -0.25) is 14.4 Å². The van der Waals surface area contributed by atoms with E-state index in [0.717, 1.165) is 24.8 Å². The second kappa shape index (κ2) is 11.9. The Morgan fingerprint density at radius 3 is 2.57 bits per heavy atom. The van der Waals surface area contributed by atoms with E-state index >= 15 is 0 Å². The molecule has 1 saturated heterocycles. The van der Waals surface area contributed by atoms with Crippen molar-refractivity contribution in [3.63, 3.8) is 0 Å². The van der Waals surface area contributed by atoms with Gasteiger partial charge in [0.15, 0.2) is 0 Å². The molecule has 2 aliphatic heterocycles. The van der Waals surface area contributed by atoms with Gasteiger partial charge in [0.25, 0.3) is 11.7 Å². The molecular weight excluding hydrogens is 501 g/mol. The molecule has 3 N–H and O–H groups in total. The van der Waals surface area contributed by atoms with E-state index in [1.54, 1.807) is 18.2 Å². The number of carbonyl (C=O) groups is 3. The zero-order valence-corrected chi connectivity index (χ0v) is 21.5. The Morgan fingerprint density at radius 1 is 1.11 bits per heavy atom. The number of benzene rings is 2. The van der Waals surface area contributed by atoms with Crippen LogP contribution in [0.25, 0.3) is 0 Å². The molecule has 1 fully saturated rings. The predicted octanol–water partition coefficient (Wildman–Crippen LogP) is 4.19. The van der Waals surface area contributed by atoms with Gasteiger partial charge in [0.2, 0.25) is 0 Å². The van der Waals surface area contributed by atoms with Crippen LogP contribution < -0.4 is 16.0 Å². The summed E-state index contributed by atoms with van der Waals surface area (Å²) in [6.07, 6.45) is 3.32. The third-order valence-electron chi connectivity index (χ3n) is 6.49. The van der Waals surface area contributed by atoms with Crippen LogP contribution in [-0.2, 0) is 37.8 Å². The van der Waals surface area contributed by atoms with Gasteiger partial charge in [-0.05, 0) is 54.8 Å². The molecule has 8 nitrogen and oxygen atoms in total. The summed E-state index contributed by atoms with van der Waals surface area (Å²) in [6.45, 7) is 3.46. The quantitative estimate of drug-likeness (QED) is 0.346. The number of nitrogens with one attached hydrogen (secondary N) is 3. The van der Waals surface area contributed by atoms with E-state index in [-0.39, 0.29) is 31.5 Å². The van der Waals surface area contributed by atoms with E-state index < -0.39 is 29.5 Å². The van der Waals surface area contributed by atoms with Gasteiger partial charge in [-0.1, -0.05) is 37.4 Å². The van der Waals surface area contributed by atoms with E-state index in [1.165, 1.54) is 12.1 Å². The number of anilines is 1. The first kappa shape index (κ1) is 26.9. The highest BCUT2D eigenvalue weighted by Crippen LogP contribution is 2.40. The smallest absolute Gasteiger partial charge is 0.309 e. The van der Waals surface area contributed by atoms with Crippen LogP contribution >= 0.6 is 11.6 Å². The molecule has 2 heterocycles. The normalized spacial score (nSPS) is 16.7. The first-order valence-corrected chi connectivity index (χ1v) is 13.0. The summed E-state index contributed by atoms with van der Waals surface area (Å²) in [7, 11) is 0. The van der Waals surface area contributed by atoms with Crippen molar-refractivity contribution in [3.8, 4) is 0 Å². The minimum Gasteiger partial charge on any atom is -0.416 e. The number of amides is 1. The van der Waals surface area contributed by atoms with Crippen molar-refractivity contribution in [1.29, 1.82) is 0 Å². The van der Waals surface area contributed by atoms with Crippen molar-refractivity contribution < 1.29 is 28.2 Å². The van der Waals surface area contributed by atoms with E-state index in [1.807, 2.05) is 0 Å². The van der Waals surface area contributed by atoms with Crippen LogP contribution in [0, 0.1) is 5.82 Å². The Labute approximate surface area is 220 Å². The summed E-state index contributed by atoms with van der Waals surface area (Å²) >= 11 is 6.54. The van der Waals surface area contributed by atoms with Crippen LogP contribution in [0.3, 0.4) is 0 Å². The molecule has 0 atom stereocenters. The average Bonchev–Trinajstić information content (AvgIpc) is 3.13. The van der Waals surface area contributed by atoms with Gasteiger partial charge < -0.3 is 25.4 Å². The van der Waals surface area contributed by atoms with Gasteiger partial charge in [-0.15, -0.1) is 0 Å². The standard InChI is InChI=1S/C27H31ClFN3O5/c1-2-3-4-12-31-26(35)19-6-5-17(14-22(19)29)15-32-25-18-11-13-30-16-27(20(18)7-8-21(25)28)36-23(33)9-10-24(34)37-27/h5-8,14,30,32H,2-4,9-13,15-16H2,1H3,(H,31,35). The largest absolute Gasteiger partial charge is 0.416 e. The minimum absolute atomic E-state index is 0.00290. The summed E-state index contributed by atoms with van der Waals surface area (Å²) in [5, 5.41) is 9.61. The summed E-state index contributed by atoms with van der Waals surface area (Å²) in [4.78, 5) is 36.9. The zero-order valence-electron chi connectivity index (χ0n) is 20.8. The van der Waals surface area contributed by atoms with Crippen molar-refractivity contribution in [1.82, 2.24) is 10.6 Å². The SMILES string of the molecule is CCCCCNC(=O)c1ccc(CNc2c(Cl)ccc3c2CCNCC32OC(=O)CCC(=O)O2)cc1F. The zero-order chi connectivity index (χ0) is 26.4. The highest BCUT2D eigenvalue weighted by atomic mass is 35.5. The van der Waals surface area contributed by atoms with Crippen molar-refractivity contribution in [3.05, 3.63) is 63.4 Å². The number of carbonyl (C=O) groups excluding carboxylic acids is 3. The number of hydrogen-bond acceptors (Lipinski definition) is 7. The monoisotopic (exact) mass is 531 g/mol. The molecule has 10 heteroatoms. The molecule has 0 saturated carbocycles. The fraction of sp³-hybridized carbons (Fsp3) is 0.444. The van der Waals surface area contributed by atoms with Gasteiger partial charge >= 0.3 is 11.9 Å². The molecule has 1 amide bonds. The Morgan fingerprint density at radius 2 is 1.86 bits per heavy atom. The van der Waals surface area contributed by atoms with Crippen LogP contribution in [0.15, 0.2) is 30.3 Å². The maximum atomic E-state index is 14.7. The number of fused-ring (bicyclic) bond motifs is 2. The second-order valence-electron chi connectivity index (χ2n) is 9.21. The second-order valence-corrected chi connectivity index (χ2v) is 9.61. The molecular formula is C27H31ClFN3O5. The highest BCUT2D eigenvalue weighted by molar-refractivity contribution is 6.33. The fourth-order valence-corrected chi connectivity index (χ4v) is 4.82. The van der Waals surface area contributed by atoms with Gasteiger partial charge in [0.1, 0.15) is 5.82 Å². The van der Waals surface area contributed by atoms with Crippen molar-refractivity contribution in [2.75, 3.05) is 25.0 Å². The Bertz CT molecular complexity index is 1170. The summed E-state index contributed by atoms with van der Waals surface area (Å²) in [5.74, 6) is -3.67. The molecule has 2 aliphatic rings. The summed E-state index contributed by atoms with van der Waals surface area (Å²) in [5.41, 5.74) is 2.47. The van der Waals surface area contributed by atoms with E-state index in [0.29, 0.717) is 41.3 Å². The van der Waals surface area contributed by atoms with E-state index in [9.17, 15) is 18.8 Å². The topological polar surface area (TPSA) is 106 Å². The Balaban J connectivity index is 1.55. The van der Waals surface area contributed by atoms with Crippen LogP contribution in [0.1, 0.15) is 66.1 Å². The maximum Gasteiger partial charge on any atom is 0.309 e. The van der Waals surface area contributed by atoms with Gasteiger partial charge in [0.05, 0.1) is 35.7 Å². The molecule has 0 unspecified atom stereocenters. The lowest BCUT2D eigenvalue weighted by Crippen LogP contribution is -2.43. The van der Waals surface area contributed by atoms with Crippen molar-refractivity contribution >= 4 is 35.1 Å². The number of halogens is 2. The molecule has 37 heavy (non-hydrogen) atoms. The third-order valence-corrected chi connectivity index (χ3v) is 6.80. The molecule has 198 valence electrons. The number of ether oxygens (including phenoxy) is 2. The highest BCUT2D eigenvalue weighted by Gasteiger charge is 2.46. The molecule has 2 aromatic rings. The van der Waals surface area contributed by atoms with Crippen LogP contribution in [0.2, 0.25) is 5.02 Å². The molecule has 4 rings (SSSR count). The molecule has 1 spiro atoms. The number of esters is 2. The Kier molecular flexibility index (Phi) is 8.66. The fourth-order valence-electron chi connectivity index (χ4n) is 4.58. The number of unbranched alkanes of at least 4 members (excludes halogenated alkanes) is 2. The molecule has 2 aromatic carbocycles. The van der Waals surface area contributed by atoms with E-state index in [4.69, 9.17) is 21.1 Å². The first-order valence-electron chi connectivity index (χ1n) is 12.6. The lowest BCUT2D eigenvalue weighted by molar-refractivity contribution is -0.225. The van der Waals surface area contributed by atoms with Crippen LogP contribution in [0.4, 0.5) is 10.1 Å². The third kappa shape index (κ3) is 6.22. The average molecular weight is 532 g/mol. The van der Waals surface area contributed by atoms with Crippen molar-refractivity contribution in [2.45, 2.75) is 57.8 Å². The van der Waals surface area contributed by atoms with E-state index in [2.05, 4.69) is 22.9 Å². The van der Waals surface area contributed by atoms with Crippen LogP contribution in [0.5, 0.6) is 0 Å². The van der Waals surface area contributed by atoms with Gasteiger partial charge in [-0.25, -0.2) is 4.39 Å². The van der Waals surface area contributed by atoms with Gasteiger partial charge in [0, 0.05) is 18.7 Å². The summed E-state index contributed by atoms with van der Waals surface area (Å²) < 4.78 is 26.1. The number of hydrogen-bond donors (Lipinski definition) is 3. The summed E-state index contributed by atoms with van der Waals surface area (Å²) in [6, 6.07) is 7.83. The lowest BCUT2D eigenvalue weighted by Gasteiger charge is -2.32. The van der Waals surface area contributed by atoms with Gasteiger partial charge in [-0.2, -0.15) is 0 Å². The molecule has 0 bridgehead atoms. The molecule has 0 radical (unpaired) electrons. The Hall–Kier alpha value is -3.17. The lowest BCUT2D eigenvalue weighted by atomic mass is 9.96. The maximum absolute atomic E-state index is 14.7. The minimum atomic E-state index is -1.59. The first-order chi connectivity index (χ1) is 17.8. The molecule has 0 aromatic heterocycles. The van der Waals surface area contributed by atoms with Crippen LogP contribution in [-0.4, -0.2) is 37.5 Å². The number of rotatable bonds is 8. The predicted molar refractivity (Wildman–Crippen MR) is 137 cm³/mol. The van der Waals surface area contributed by atoms with Crippen molar-refractivity contribution in [2.24, 2.45) is 0 Å².